The highest BCUT2D eigenvalue weighted by Gasteiger charge is 2.11. The molecule has 3 aromatic heterocycles. The maximum Gasteiger partial charge on any atom is 0.182 e. The first-order valence-corrected chi connectivity index (χ1v) is 6.75. The second-order valence-corrected chi connectivity index (χ2v) is 5.15. The third kappa shape index (κ3) is 1.78. The summed E-state index contributed by atoms with van der Waals surface area (Å²) in [5, 5.41) is 8.11. The van der Waals surface area contributed by atoms with E-state index >= 15 is 0 Å². The van der Waals surface area contributed by atoms with Crippen LogP contribution in [0.1, 0.15) is 11.3 Å². The van der Waals surface area contributed by atoms with Gasteiger partial charge in [0.2, 0.25) is 0 Å². The quantitative estimate of drug-likeness (QED) is 0.536. The Bertz CT molecular complexity index is 971. The Morgan fingerprint density at radius 3 is 2.86 bits per heavy atom. The molecule has 0 fully saturated rings. The summed E-state index contributed by atoms with van der Waals surface area (Å²) in [6.45, 7) is 3.99. The van der Waals surface area contributed by atoms with Crippen LogP contribution in [0.25, 0.3) is 27.8 Å². The highest BCUT2D eigenvalue weighted by atomic mass is 15.2. The van der Waals surface area contributed by atoms with Gasteiger partial charge in [-0.2, -0.15) is 0 Å². The van der Waals surface area contributed by atoms with Crippen molar-refractivity contribution >= 4 is 16.7 Å². The summed E-state index contributed by atoms with van der Waals surface area (Å²) in [5.74, 6) is 0. The Morgan fingerprint density at radius 1 is 1.10 bits per heavy atom. The second kappa shape index (κ2) is 4.34. The van der Waals surface area contributed by atoms with Gasteiger partial charge in [-0.05, 0) is 31.5 Å². The van der Waals surface area contributed by atoms with Crippen molar-refractivity contribution in [3.05, 3.63) is 54.2 Å². The fourth-order valence-electron chi connectivity index (χ4n) is 2.65. The number of hydrogen-bond acceptors (Lipinski definition) is 4. The van der Waals surface area contributed by atoms with E-state index in [0.29, 0.717) is 0 Å². The van der Waals surface area contributed by atoms with Crippen LogP contribution in [0.4, 0.5) is 0 Å². The molecule has 0 bridgehead atoms. The van der Waals surface area contributed by atoms with Gasteiger partial charge in [0.25, 0.3) is 0 Å². The van der Waals surface area contributed by atoms with Crippen LogP contribution in [0.5, 0.6) is 0 Å². The third-order valence-corrected chi connectivity index (χ3v) is 3.61. The van der Waals surface area contributed by atoms with E-state index in [2.05, 4.69) is 27.3 Å². The zero-order chi connectivity index (χ0) is 14.4. The lowest BCUT2D eigenvalue weighted by Crippen LogP contribution is -1.96. The Morgan fingerprint density at radius 2 is 2.00 bits per heavy atom. The molecule has 5 nitrogen and oxygen atoms in total. The number of benzene rings is 1. The molecule has 0 amide bonds. The van der Waals surface area contributed by atoms with Gasteiger partial charge in [-0.25, -0.2) is 4.98 Å². The molecule has 21 heavy (non-hydrogen) atoms. The Hall–Kier alpha value is -2.82. The summed E-state index contributed by atoms with van der Waals surface area (Å²) < 4.78 is 1.98. The van der Waals surface area contributed by atoms with Gasteiger partial charge in [0, 0.05) is 23.5 Å². The number of hydrogen-bond donors (Lipinski definition) is 0. The molecule has 0 N–H and O–H groups in total. The number of aromatic nitrogens is 5. The minimum absolute atomic E-state index is 0.794. The van der Waals surface area contributed by atoms with Gasteiger partial charge < -0.3 is 0 Å². The van der Waals surface area contributed by atoms with Gasteiger partial charge in [-0.1, -0.05) is 12.1 Å². The van der Waals surface area contributed by atoms with E-state index in [4.69, 9.17) is 4.98 Å². The normalized spacial score (nSPS) is 11.3. The van der Waals surface area contributed by atoms with Gasteiger partial charge in [0.05, 0.1) is 16.7 Å². The van der Waals surface area contributed by atoms with Crippen LogP contribution in [0.15, 0.2) is 43.0 Å². The molecule has 0 atom stereocenters. The van der Waals surface area contributed by atoms with E-state index in [9.17, 15) is 0 Å². The molecule has 3 heterocycles. The fourth-order valence-corrected chi connectivity index (χ4v) is 2.65. The van der Waals surface area contributed by atoms with Gasteiger partial charge in [-0.3, -0.25) is 9.38 Å². The van der Waals surface area contributed by atoms with Gasteiger partial charge in [0.1, 0.15) is 6.33 Å². The van der Waals surface area contributed by atoms with E-state index in [1.165, 1.54) is 0 Å². The number of rotatable bonds is 1. The highest BCUT2D eigenvalue weighted by Crippen LogP contribution is 2.28. The van der Waals surface area contributed by atoms with Crippen molar-refractivity contribution in [1.82, 2.24) is 24.6 Å². The zero-order valence-electron chi connectivity index (χ0n) is 11.8. The van der Waals surface area contributed by atoms with Crippen LogP contribution in [0.3, 0.4) is 0 Å². The van der Waals surface area contributed by atoms with Crippen molar-refractivity contribution in [2.24, 2.45) is 0 Å². The molecular formula is C16H13N5. The Balaban J connectivity index is 2.13. The van der Waals surface area contributed by atoms with E-state index in [-0.39, 0.29) is 0 Å². The first-order chi connectivity index (χ1) is 10.2. The zero-order valence-corrected chi connectivity index (χ0v) is 11.8. The molecule has 0 saturated heterocycles. The van der Waals surface area contributed by atoms with E-state index < -0.39 is 0 Å². The molecular weight excluding hydrogens is 262 g/mol. The number of aryl methyl sites for hydroxylation is 2. The Kier molecular flexibility index (Phi) is 2.47. The molecule has 0 radical (unpaired) electrons. The van der Waals surface area contributed by atoms with Crippen LogP contribution < -0.4 is 0 Å². The number of fused-ring (bicyclic) bond motifs is 3. The molecule has 0 aliphatic heterocycles. The average molecular weight is 275 g/mol. The summed E-state index contributed by atoms with van der Waals surface area (Å²) in [7, 11) is 0. The van der Waals surface area contributed by atoms with Crippen LogP contribution in [0, 0.1) is 13.8 Å². The first kappa shape index (κ1) is 12.0. The summed E-state index contributed by atoms with van der Waals surface area (Å²) >= 11 is 0. The minimum atomic E-state index is 0.794. The first-order valence-electron chi connectivity index (χ1n) is 6.75. The summed E-state index contributed by atoms with van der Waals surface area (Å²) in [6, 6.07) is 8.25. The summed E-state index contributed by atoms with van der Waals surface area (Å²) in [5.41, 5.74) is 6.87. The van der Waals surface area contributed by atoms with Crippen LogP contribution in [-0.4, -0.2) is 24.6 Å². The maximum absolute atomic E-state index is 4.73. The van der Waals surface area contributed by atoms with Crippen molar-refractivity contribution in [2.45, 2.75) is 13.8 Å². The summed E-state index contributed by atoms with van der Waals surface area (Å²) in [4.78, 5) is 9.01. The van der Waals surface area contributed by atoms with Crippen molar-refractivity contribution in [3.8, 4) is 11.1 Å². The smallest absolute Gasteiger partial charge is 0.182 e. The molecule has 102 valence electrons. The summed E-state index contributed by atoms with van der Waals surface area (Å²) in [6.07, 6.45) is 5.45. The van der Waals surface area contributed by atoms with Crippen molar-refractivity contribution in [3.63, 3.8) is 0 Å². The molecule has 5 heteroatoms. The van der Waals surface area contributed by atoms with E-state index in [1.54, 1.807) is 6.33 Å². The number of para-hydroxylation sites is 1. The molecule has 0 saturated carbocycles. The largest absolute Gasteiger partial charge is 0.278 e. The van der Waals surface area contributed by atoms with Crippen LogP contribution >= 0.6 is 0 Å². The second-order valence-electron chi connectivity index (χ2n) is 5.15. The molecule has 1 aromatic carbocycles. The minimum Gasteiger partial charge on any atom is -0.278 e. The van der Waals surface area contributed by atoms with E-state index in [1.807, 2.05) is 42.8 Å². The lowest BCUT2D eigenvalue weighted by atomic mass is 10.0. The lowest BCUT2D eigenvalue weighted by molar-refractivity contribution is 1.10. The molecule has 0 aliphatic rings. The Labute approximate surface area is 121 Å². The lowest BCUT2D eigenvalue weighted by Gasteiger charge is -2.09. The fraction of sp³-hybridized carbons (Fsp3) is 0.125. The monoisotopic (exact) mass is 275 g/mol. The van der Waals surface area contributed by atoms with Crippen molar-refractivity contribution < 1.29 is 0 Å². The maximum atomic E-state index is 4.73. The number of pyridine rings is 1. The molecule has 0 aliphatic carbocycles. The molecule has 4 rings (SSSR count). The highest BCUT2D eigenvalue weighted by molar-refractivity contribution is 5.93. The molecule has 0 spiro atoms. The standard InChI is InChI=1S/C16H13N5/c1-10-6-12(8-17-7-10)13-4-3-5-14-15(13)19-11(2)16-20-18-9-21(14)16/h3-9H,1-2H3. The predicted octanol–water partition coefficient (Wildman–Crippen LogP) is 2.96. The van der Waals surface area contributed by atoms with Crippen molar-refractivity contribution in [2.75, 3.05) is 0 Å². The third-order valence-electron chi connectivity index (χ3n) is 3.61. The van der Waals surface area contributed by atoms with Gasteiger partial charge in [0.15, 0.2) is 5.65 Å². The van der Waals surface area contributed by atoms with Crippen LogP contribution in [0.2, 0.25) is 0 Å². The van der Waals surface area contributed by atoms with Gasteiger partial charge >= 0.3 is 0 Å². The van der Waals surface area contributed by atoms with Crippen molar-refractivity contribution in [1.29, 1.82) is 0 Å². The van der Waals surface area contributed by atoms with E-state index in [0.717, 1.165) is 39.1 Å². The topological polar surface area (TPSA) is 56.0 Å². The van der Waals surface area contributed by atoms with Crippen LogP contribution in [-0.2, 0) is 0 Å². The molecule has 0 unspecified atom stereocenters. The average Bonchev–Trinajstić information content (AvgIpc) is 2.97. The van der Waals surface area contributed by atoms with Gasteiger partial charge in [-0.15, -0.1) is 10.2 Å². The SMILES string of the molecule is Cc1cncc(-c2cccc3c2nc(C)c2nncn23)c1. The number of nitrogens with zero attached hydrogens (tertiary/aromatic N) is 5. The predicted molar refractivity (Wildman–Crippen MR) is 81.0 cm³/mol. The molecule has 4 aromatic rings.